The molecular formula is C53H39N. The lowest BCUT2D eigenvalue weighted by atomic mass is 9.82. The van der Waals surface area contributed by atoms with E-state index in [-0.39, 0.29) is 5.41 Å². The fourth-order valence-electron chi connectivity index (χ4n) is 8.62. The maximum Gasteiger partial charge on any atom is 0.0546 e. The predicted octanol–water partition coefficient (Wildman–Crippen LogP) is 14.8. The topological polar surface area (TPSA) is 3.24 Å². The van der Waals surface area contributed by atoms with E-state index < -0.39 is 0 Å². The molecule has 1 aliphatic rings. The van der Waals surface area contributed by atoms with E-state index in [1.165, 1.54) is 82.9 Å². The van der Waals surface area contributed by atoms with Crippen molar-refractivity contribution in [1.82, 2.24) is 0 Å². The minimum Gasteiger partial charge on any atom is -0.310 e. The van der Waals surface area contributed by atoms with E-state index in [1.54, 1.807) is 0 Å². The first kappa shape index (κ1) is 32.0. The zero-order valence-electron chi connectivity index (χ0n) is 30.5. The van der Waals surface area contributed by atoms with Crippen molar-refractivity contribution in [2.24, 2.45) is 0 Å². The van der Waals surface area contributed by atoms with Gasteiger partial charge in [0.25, 0.3) is 0 Å². The molecule has 0 aliphatic heterocycles. The molecule has 1 aliphatic carbocycles. The Morgan fingerprint density at radius 1 is 0.333 bits per heavy atom. The van der Waals surface area contributed by atoms with Gasteiger partial charge in [-0.25, -0.2) is 0 Å². The van der Waals surface area contributed by atoms with Crippen LogP contribution in [0.5, 0.6) is 0 Å². The molecule has 9 aromatic carbocycles. The van der Waals surface area contributed by atoms with Gasteiger partial charge < -0.3 is 4.90 Å². The molecule has 0 atom stereocenters. The summed E-state index contributed by atoms with van der Waals surface area (Å²) in [5, 5.41) is 5.00. The lowest BCUT2D eigenvalue weighted by Gasteiger charge is -2.29. The van der Waals surface area contributed by atoms with E-state index >= 15 is 0 Å². The largest absolute Gasteiger partial charge is 0.310 e. The number of benzene rings is 9. The van der Waals surface area contributed by atoms with Crippen LogP contribution >= 0.6 is 0 Å². The summed E-state index contributed by atoms with van der Waals surface area (Å²) >= 11 is 0. The van der Waals surface area contributed by atoms with Crippen LogP contribution in [-0.2, 0) is 5.41 Å². The van der Waals surface area contributed by atoms with E-state index in [4.69, 9.17) is 0 Å². The molecule has 0 spiro atoms. The number of hydrogen-bond acceptors (Lipinski definition) is 1. The molecular weight excluding hydrogens is 651 g/mol. The highest BCUT2D eigenvalue weighted by Gasteiger charge is 2.35. The van der Waals surface area contributed by atoms with Crippen molar-refractivity contribution in [2.75, 3.05) is 4.90 Å². The van der Waals surface area contributed by atoms with Gasteiger partial charge in [0.1, 0.15) is 0 Å². The molecule has 0 heterocycles. The van der Waals surface area contributed by atoms with Crippen LogP contribution in [0.15, 0.2) is 200 Å². The summed E-state index contributed by atoms with van der Waals surface area (Å²) in [6.07, 6.45) is 0. The number of nitrogens with zero attached hydrogens (tertiary/aromatic N) is 1. The fraction of sp³-hybridized carbons (Fsp3) is 0.0566. The average Bonchev–Trinajstić information content (AvgIpc) is 3.47. The highest BCUT2D eigenvalue weighted by molar-refractivity contribution is 6.14. The predicted molar refractivity (Wildman–Crippen MR) is 230 cm³/mol. The zero-order valence-corrected chi connectivity index (χ0v) is 30.5. The minimum atomic E-state index is -0.0982. The fourth-order valence-corrected chi connectivity index (χ4v) is 8.62. The van der Waals surface area contributed by atoms with Crippen LogP contribution in [0.25, 0.3) is 66.1 Å². The van der Waals surface area contributed by atoms with E-state index in [2.05, 4.69) is 219 Å². The summed E-state index contributed by atoms with van der Waals surface area (Å²) in [7, 11) is 0. The van der Waals surface area contributed by atoms with Crippen molar-refractivity contribution in [3.8, 4) is 44.5 Å². The Labute approximate surface area is 317 Å². The van der Waals surface area contributed by atoms with Gasteiger partial charge in [-0.15, -0.1) is 0 Å². The second-order valence-corrected chi connectivity index (χ2v) is 15.0. The summed E-state index contributed by atoms with van der Waals surface area (Å²) in [4.78, 5) is 2.46. The molecule has 0 unspecified atom stereocenters. The Morgan fingerprint density at radius 3 is 1.44 bits per heavy atom. The monoisotopic (exact) mass is 689 g/mol. The third-order valence-electron chi connectivity index (χ3n) is 11.5. The maximum atomic E-state index is 2.46. The van der Waals surface area contributed by atoms with Gasteiger partial charge in [0, 0.05) is 22.2 Å². The van der Waals surface area contributed by atoms with E-state index in [0.29, 0.717) is 0 Å². The van der Waals surface area contributed by atoms with Crippen LogP contribution in [0.2, 0.25) is 0 Å². The van der Waals surface area contributed by atoms with E-state index in [1.807, 2.05) is 0 Å². The number of fused-ring (bicyclic) bond motifs is 6. The third kappa shape index (κ3) is 5.32. The number of rotatable bonds is 6. The number of hydrogen-bond donors (Lipinski definition) is 0. The molecule has 0 fully saturated rings. The summed E-state index contributed by atoms with van der Waals surface area (Å²) in [5.74, 6) is 0. The molecule has 9 aromatic rings. The van der Waals surface area contributed by atoms with Crippen LogP contribution in [0.3, 0.4) is 0 Å². The Morgan fingerprint density at radius 2 is 0.796 bits per heavy atom. The average molecular weight is 690 g/mol. The molecule has 10 rings (SSSR count). The first-order valence-electron chi connectivity index (χ1n) is 18.8. The van der Waals surface area contributed by atoms with Gasteiger partial charge in [-0.1, -0.05) is 184 Å². The molecule has 0 N–H and O–H groups in total. The molecule has 54 heavy (non-hydrogen) atoms. The Bertz CT molecular complexity index is 2810. The first-order valence-corrected chi connectivity index (χ1v) is 18.8. The van der Waals surface area contributed by atoms with Gasteiger partial charge in [0.15, 0.2) is 0 Å². The van der Waals surface area contributed by atoms with Crippen LogP contribution in [0.4, 0.5) is 17.1 Å². The third-order valence-corrected chi connectivity index (χ3v) is 11.5. The lowest BCUT2D eigenvalue weighted by Crippen LogP contribution is -2.16. The first-order chi connectivity index (χ1) is 26.5. The Hall–Kier alpha value is -6.70. The SMILES string of the molecule is CC1(C)c2ccccc2-c2ccc(N(c3ccc(-c4ccc(-c5ccc(-c6ccccc6)cc5)cc4)cc3)c3cc4ccccc4c4ccccc34)cc21. The highest BCUT2D eigenvalue weighted by Crippen LogP contribution is 2.51. The summed E-state index contributed by atoms with van der Waals surface area (Å²) in [5.41, 5.74) is 16.1. The minimum absolute atomic E-state index is 0.0982. The second kappa shape index (κ2) is 12.8. The van der Waals surface area contributed by atoms with E-state index in [9.17, 15) is 0 Å². The van der Waals surface area contributed by atoms with Crippen molar-refractivity contribution < 1.29 is 0 Å². The quantitative estimate of drug-likeness (QED) is 0.157. The molecule has 0 saturated heterocycles. The molecule has 0 aromatic heterocycles. The molecule has 0 amide bonds. The zero-order chi connectivity index (χ0) is 36.2. The molecule has 0 bridgehead atoms. The van der Waals surface area contributed by atoms with Crippen molar-refractivity contribution in [2.45, 2.75) is 19.3 Å². The summed E-state index contributed by atoms with van der Waals surface area (Å²) in [6.45, 7) is 4.72. The highest BCUT2D eigenvalue weighted by atomic mass is 15.1. The molecule has 0 radical (unpaired) electrons. The molecule has 1 nitrogen and oxygen atoms in total. The van der Waals surface area contributed by atoms with E-state index in [0.717, 1.165) is 11.4 Å². The van der Waals surface area contributed by atoms with Crippen LogP contribution < -0.4 is 4.90 Å². The lowest BCUT2D eigenvalue weighted by molar-refractivity contribution is 0.660. The van der Waals surface area contributed by atoms with Gasteiger partial charge >= 0.3 is 0 Å². The molecule has 1 heteroatoms. The second-order valence-electron chi connectivity index (χ2n) is 15.0. The maximum absolute atomic E-state index is 2.46. The van der Waals surface area contributed by atoms with Gasteiger partial charge in [-0.3, -0.25) is 0 Å². The van der Waals surface area contributed by atoms with Crippen molar-refractivity contribution >= 4 is 38.6 Å². The molecule has 256 valence electrons. The summed E-state index contributed by atoms with van der Waals surface area (Å²) < 4.78 is 0. The Balaban J connectivity index is 1.05. The van der Waals surface area contributed by atoms with Gasteiger partial charge in [0.05, 0.1) is 5.69 Å². The normalized spacial score (nSPS) is 12.8. The van der Waals surface area contributed by atoms with Gasteiger partial charge in [-0.2, -0.15) is 0 Å². The molecule has 0 saturated carbocycles. The van der Waals surface area contributed by atoms with Crippen LogP contribution in [-0.4, -0.2) is 0 Å². The van der Waals surface area contributed by atoms with Crippen molar-refractivity contribution in [1.29, 1.82) is 0 Å². The van der Waals surface area contributed by atoms with Crippen LogP contribution in [0, 0.1) is 0 Å². The Kier molecular flexibility index (Phi) is 7.56. The number of anilines is 3. The van der Waals surface area contributed by atoms with Gasteiger partial charge in [0.2, 0.25) is 0 Å². The van der Waals surface area contributed by atoms with Gasteiger partial charge in [-0.05, 0) is 102 Å². The van der Waals surface area contributed by atoms with Crippen LogP contribution in [0.1, 0.15) is 25.0 Å². The smallest absolute Gasteiger partial charge is 0.0546 e. The standard InChI is InChI=1S/C53H39N/c1-53(2)50-19-11-10-17-47(50)48-33-32-44(35-51(48)53)54(52-34-42-14-6-7-15-45(42)46-16-8-9-18-49(46)52)43-30-28-41(29-31-43)40-26-24-39(25-27-40)38-22-20-37(21-23-38)36-12-4-3-5-13-36/h3-35H,1-2H3. The summed E-state index contributed by atoms with van der Waals surface area (Å²) in [6, 6.07) is 73.3. The van der Waals surface area contributed by atoms with Crippen molar-refractivity contribution in [3.05, 3.63) is 211 Å². The van der Waals surface area contributed by atoms with Crippen molar-refractivity contribution in [3.63, 3.8) is 0 Å².